The summed E-state index contributed by atoms with van der Waals surface area (Å²) in [6.45, 7) is 0.677. The predicted octanol–water partition coefficient (Wildman–Crippen LogP) is 1.93. The molecule has 0 radical (unpaired) electrons. The second-order valence-electron chi connectivity index (χ2n) is 4.71. The van der Waals surface area contributed by atoms with Crippen LogP contribution in [0.4, 0.5) is 13.2 Å². The second kappa shape index (κ2) is 5.70. The smallest absolute Gasteiger partial charge is 0.415 e. The fraction of sp³-hybridized carbons (Fsp3) is 0.462. The third-order valence-corrected chi connectivity index (χ3v) is 2.93. The Hall–Kier alpha value is -1.76. The van der Waals surface area contributed by atoms with Gasteiger partial charge in [-0.3, -0.25) is 4.79 Å². The number of nitrogens with zero attached hydrogens (tertiary/aromatic N) is 1. The van der Waals surface area contributed by atoms with E-state index < -0.39 is 17.6 Å². The minimum absolute atomic E-state index is 0.0128. The molecule has 1 aromatic carbocycles. The number of likely N-dealkylation sites (N-methyl/N-ethyl adjacent to an activating group) is 1. The molecule has 0 saturated carbocycles. The first-order chi connectivity index (χ1) is 9.09. The highest BCUT2D eigenvalue weighted by molar-refractivity contribution is 5.86. The first kappa shape index (κ1) is 16.3. The van der Waals surface area contributed by atoms with Gasteiger partial charge >= 0.3 is 6.18 Å². The second-order valence-corrected chi connectivity index (χ2v) is 4.71. The predicted molar refractivity (Wildman–Crippen MR) is 68.1 cm³/mol. The first-order valence-electron chi connectivity index (χ1n) is 5.83. The van der Waals surface area contributed by atoms with Crippen LogP contribution in [-0.4, -0.2) is 36.7 Å². The highest BCUT2D eigenvalue weighted by Gasteiger charge is 2.54. The van der Waals surface area contributed by atoms with Gasteiger partial charge in [0, 0.05) is 13.6 Å². The fourth-order valence-corrected chi connectivity index (χ4v) is 1.63. The van der Waals surface area contributed by atoms with Crippen LogP contribution in [0.2, 0.25) is 0 Å². The largest absolute Gasteiger partial charge is 0.497 e. The molecule has 0 bridgehead atoms. The summed E-state index contributed by atoms with van der Waals surface area (Å²) in [5.41, 5.74) is 2.86. The van der Waals surface area contributed by atoms with E-state index in [1.54, 1.807) is 24.3 Å². The van der Waals surface area contributed by atoms with Crippen molar-refractivity contribution in [1.82, 2.24) is 4.90 Å². The maximum absolute atomic E-state index is 12.7. The van der Waals surface area contributed by atoms with Gasteiger partial charge in [-0.2, -0.15) is 13.2 Å². The van der Waals surface area contributed by atoms with E-state index in [1.165, 1.54) is 14.2 Å². The number of rotatable bonds is 4. The minimum Gasteiger partial charge on any atom is -0.497 e. The Balaban J connectivity index is 2.85. The third-order valence-electron chi connectivity index (χ3n) is 2.93. The van der Waals surface area contributed by atoms with Gasteiger partial charge < -0.3 is 15.4 Å². The maximum Gasteiger partial charge on any atom is 0.415 e. The van der Waals surface area contributed by atoms with Crippen LogP contribution < -0.4 is 10.5 Å². The van der Waals surface area contributed by atoms with Crippen LogP contribution in [0.15, 0.2) is 24.3 Å². The monoisotopic (exact) mass is 290 g/mol. The highest BCUT2D eigenvalue weighted by Crippen LogP contribution is 2.29. The molecule has 1 amide bonds. The molecule has 112 valence electrons. The van der Waals surface area contributed by atoms with Gasteiger partial charge in [0.05, 0.1) is 7.11 Å². The van der Waals surface area contributed by atoms with Gasteiger partial charge in [-0.25, -0.2) is 0 Å². The molecule has 0 heterocycles. The molecule has 4 nitrogen and oxygen atoms in total. The molecule has 0 aliphatic carbocycles. The van der Waals surface area contributed by atoms with E-state index in [2.05, 4.69) is 0 Å². The number of halogens is 3. The van der Waals surface area contributed by atoms with Crippen molar-refractivity contribution in [3.05, 3.63) is 29.8 Å². The molecular weight excluding hydrogens is 273 g/mol. The van der Waals surface area contributed by atoms with Crippen LogP contribution in [0, 0.1) is 0 Å². The van der Waals surface area contributed by atoms with Gasteiger partial charge in [0.1, 0.15) is 5.75 Å². The molecule has 20 heavy (non-hydrogen) atoms. The zero-order chi connectivity index (χ0) is 15.6. The number of carbonyl (C=O) groups excluding carboxylic acids is 1. The van der Waals surface area contributed by atoms with E-state index in [-0.39, 0.29) is 6.54 Å². The molecule has 1 unspecified atom stereocenters. The lowest BCUT2D eigenvalue weighted by atomic mass is 10.0. The molecule has 0 saturated heterocycles. The Morgan fingerprint density at radius 1 is 1.40 bits per heavy atom. The Labute approximate surface area is 115 Å². The van der Waals surface area contributed by atoms with E-state index in [9.17, 15) is 18.0 Å². The van der Waals surface area contributed by atoms with Crippen molar-refractivity contribution in [2.24, 2.45) is 5.73 Å². The Bertz CT molecular complexity index is 487. The van der Waals surface area contributed by atoms with E-state index in [4.69, 9.17) is 10.5 Å². The summed E-state index contributed by atoms with van der Waals surface area (Å²) in [4.78, 5) is 12.8. The number of hydrogen-bond acceptors (Lipinski definition) is 3. The van der Waals surface area contributed by atoms with Crippen molar-refractivity contribution in [3.8, 4) is 5.75 Å². The summed E-state index contributed by atoms with van der Waals surface area (Å²) in [5.74, 6) is -0.623. The number of ether oxygens (including phenoxy) is 1. The topological polar surface area (TPSA) is 55.6 Å². The number of hydrogen-bond donors (Lipinski definition) is 1. The van der Waals surface area contributed by atoms with Gasteiger partial charge in [-0.1, -0.05) is 12.1 Å². The molecule has 2 N–H and O–H groups in total. The molecule has 1 aromatic rings. The third kappa shape index (κ3) is 3.41. The molecule has 0 aliphatic heterocycles. The van der Waals surface area contributed by atoms with E-state index in [0.29, 0.717) is 18.2 Å². The fourth-order valence-electron chi connectivity index (χ4n) is 1.63. The highest BCUT2D eigenvalue weighted by atomic mass is 19.4. The average Bonchev–Trinajstić information content (AvgIpc) is 2.36. The van der Waals surface area contributed by atoms with Crippen LogP contribution in [0.3, 0.4) is 0 Å². The summed E-state index contributed by atoms with van der Waals surface area (Å²) in [6.07, 6.45) is -4.80. The van der Waals surface area contributed by atoms with Crippen LogP contribution in [0.25, 0.3) is 0 Å². The average molecular weight is 290 g/mol. The van der Waals surface area contributed by atoms with Gasteiger partial charge in [0.15, 0.2) is 5.54 Å². The van der Waals surface area contributed by atoms with Gasteiger partial charge in [0.2, 0.25) is 0 Å². The lowest BCUT2D eigenvalue weighted by Gasteiger charge is -2.31. The van der Waals surface area contributed by atoms with Crippen molar-refractivity contribution in [1.29, 1.82) is 0 Å². The van der Waals surface area contributed by atoms with E-state index in [0.717, 1.165) is 4.90 Å². The summed E-state index contributed by atoms with van der Waals surface area (Å²) in [5, 5.41) is 0. The van der Waals surface area contributed by atoms with Crippen LogP contribution >= 0.6 is 0 Å². The Kier molecular flexibility index (Phi) is 4.65. The van der Waals surface area contributed by atoms with E-state index >= 15 is 0 Å². The number of nitrogens with two attached hydrogens (primary N) is 1. The minimum atomic E-state index is -4.80. The molecular formula is C13H17F3N2O2. The maximum atomic E-state index is 12.7. The summed E-state index contributed by atoms with van der Waals surface area (Å²) in [7, 11) is 2.76. The summed E-state index contributed by atoms with van der Waals surface area (Å²) >= 11 is 0. The van der Waals surface area contributed by atoms with Crippen molar-refractivity contribution in [3.63, 3.8) is 0 Å². The standard InChI is InChI=1S/C13H17F3N2O2/c1-12(17,13(14,15)16)11(19)18(2)8-9-5-4-6-10(7-9)20-3/h4-7H,8,17H2,1-3H3. The van der Waals surface area contributed by atoms with Crippen LogP contribution in [0.5, 0.6) is 5.75 Å². The lowest BCUT2D eigenvalue weighted by Crippen LogP contribution is -2.61. The van der Waals surface area contributed by atoms with Crippen LogP contribution in [0.1, 0.15) is 12.5 Å². The van der Waals surface area contributed by atoms with E-state index in [1.807, 2.05) is 0 Å². The zero-order valence-electron chi connectivity index (χ0n) is 11.5. The van der Waals surface area contributed by atoms with Crippen molar-refractivity contribution < 1.29 is 22.7 Å². The summed E-state index contributed by atoms with van der Waals surface area (Å²) in [6, 6.07) is 6.73. The molecule has 0 fully saturated rings. The first-order valence-corrected chi connectivity index (χ1v) is 5.83. The Morgan fingerprint density at radius 2 is 2.00 bits per heavy atom. The van der Waals surface area contributed by atoms with Crippen molar-refractivity contribution in [2.75, 3.05) is 14.2 Å². The molecule has 1 atom stereocenters. The quantitative estimate of drug-likeness (QED) is 0.922. The lowest BCUT2D eigenvalue weighted by molar-refractivity contribution is -0.193. The molecule has 7 heteroatoms. The van der Waals surface area contributed by atoms with Gasteiger partial charge in [-0.15, -0.1) is 0 Å². The number of benzene rings is 1. The zero-order valence-corrected chi connectivity index (χ0v) is 11.5. The van der Waals surface area contributed by atoms with Crippen LogP contribution in [-0.2, 0) is 11.3 Å². The molecule has 0 aromatic heterocycles. The van der Waals surface area contributed by atoms with Gasteiger partial charge in [-0.05, 0) is 24.6 Å². The van der Waals surface area contributed by atoms with Gasteiger partial charge in [0.25, 0.3) is 5.91 Å². The normalized spacial score (nSPS) is 14.6. The van der Waals surface area contributed by atoms with Crippen molar-refractivity contribution >= 4 is 5.91 Å². The number of alkyl halides is 3. The molecule has 0 spiro atoms. The SMILES string of the molecule is COc1cccc(CN(C)C(=O)C(C)(N)C(F)(F)F)c1. The molecule has 0 aliphatic rings. The van der Waals surface area contributed by atoms with Crippen molar-refractivity contribution in [2.45, 2.75) is 25.2 Å². The number of amides is 1. The Morgan fingerprint density at radius 3 is 2.50 bits per heavy atom. The number of carbonyl (C=O) groups is 1. The molecule has 1 rings (SSSR count). The number of methoxy groups -OCH3 is 1. The summed E-state index contributed by atoms with van der Waals surface area (Å²) < 4.78 is 43.1.